The fraction of sp³-hybridized carbons (Fsp3) is 0.450. The van der Waals surface area contributed by atoms with Gasteiger partial charge < -0.3 is 16.0 Å². The van der Waals surface area contributed by atoms with Gasteiger partial charge in [-0.25, -0.2) is 13.8 Å². The Labute approximate surface area is 163 Å². The summed E-state index contributed by atoms with van der Waals surface area (Å²) in [6.07, 6.45) is 2.75. The van der Waals surface area contributed by atoms with Gasteiger partial charge in [0.05, 0.1) is 0 Å². The Hall–Kier alpha value is -2.77. The molecule has 0 atom stereocenters. The Kier molecular flexibility index (Phi) is 5.76. The highest BCUT2D eigenvalue weighted by Gasteiger charge is 2.29. The van der Waals surface area contributed by atoms with Crippen molar-refractivity contribution >= 4 is 17.7 Å². The van der Waals surface area contributed by atoms with E-state index in [4.69, 9.17) is 5.73 Å². The highest BCUT2D eigenvalue weighted by molar-refractivity contribution is 5.94. The van der Waals surface area contributed by atoms with Crippen molar-refractivity contribution in [3.63, 3.8) is 0 Å². The summed E-state index contributed by atoms with van der Waals surface area (Å²) in [4.78, 5) is 22.4. The molecule has 0 aliphatic heterocycles. The smallest absolute Gasteiger partial charge is 0.249 e. The van der Waals surface area contributed by atoms with Crippen molar-refractivity contribution in [2.45, 2.75) is 44.6 Å². The highest BCUT2D eigenvalue weighted by Crippen LogP contribution is 2.37. The van der Waals surface area contributed by atoms with Crippen molar-refractivity contribution < 1.29 is 13.6 Å². The van der Waals surface area contributed by atoms with Crippen molar-refractivity contribution in [1.29, 1.82) is 0 Å². The van der Waals surface area contributed by atoms with Crippen LogP contribution >= 0.6 is 0 Å². The van der Waals surface area contributed by atoms with Crippen molar-refractivity contribution in [3.8, 4) is 0 Å². The lowest BCUT2D eigenvalue weighted by Crippen LogP contribution is -2.28. The van der Waals surface area contributed by atoms with Gasteiger partial charge in [0, 0.05) is 43.0 Å². The van der Waals surface area contributed by atoms with Crippen LogP contribution in [0.4, 0.5) is 20.5 Å². The van der Waals surface area contributed by atoms with Crippen LogP contribution in [0.1, 0.15) is 53.2 Å². The third kappa shape index (κ3) is 4.21. The second kappa shape index (κ2) is 8.08. The van der Waals surface area contributed by atoms with Crippen LogP contribution in [0.5, 0.6) is 0 Å². The molecule has 8 heteroatoms. The standard InChI is InChI=1S/C20H25F2N5O/c1-11-10-16(26-20(24-11)27(2)3)25-13-6-4-12(5-7-13)17-14(19(23)28)8-9-15(21)18(17)22/h8-10,12-13H,4-7H2,1-3H3,(H2,23,28)(H,24,25,26). The van der Waals surface area contributed by atoms with Gasteiger partial charge in [-0.2, -0.15) is 4.98 Å². The van der Waals surface area contributed by atoms with E-state index < -0.39 is 17.5 Å². The monoisotopic (exact) mass is 389 g/mol. The van der Waals surface area contributed by atoms with Crippen LogP contribution in [-0.2, 0) is 0 Å². The summed E-state index contributed by atoms with van der Waals surface area (Å²) in [5.41, 5.74) is 6.40. The molecule has 1 aliphatic carbocycles. The minimum Gasteiger partial charge on any atom is -0.367 e. The fourth-order valence-corrected chi connectivity index (χ4v) is 3.74. The number of benzene rings is 1. The number of hydrogen-bond acceptors (Lipinski definition) is 5. The molecule has 0 spiro atoms. The van der Waals surface area contributed by atoms with Gasteiger partial charge in [-0.15, -0.1) is 0 Å². The molecule has 28 heavy (non-hydrogen) atoms. The molecule has 1 aromatic heterocycles. The molecule has 1 amide bonds. The number of anilines is 2. The Morgan fingerprint density at radius 2 is 1.86 bits per heavy atom. The zero-order chi connectivity index (χ0) is 20.4. The minimum atomic E-state index is -0.963. The van der Waals surface area contributed by atoms with E-state index in [2.05, 4.69) is 15.3 Å². The molecule has 1 aliphatic rings. The van der Waals surface area contributed by atoms with Gasteiger partial charge in [-0.3, -0.25) is 4.79 Å². The predicted molar refractivity (Wildman–Crippen MR) is 105 cm³/mol. The Morgan fingerprint density at radius 1 is 1.18 bits per heavy atom. The minimum absolute atomic E-state index is 0.0670. The van der Waals surface area contributed by atoms with E-state index in [1.165, 1.54) is 6.07 Å². The van der Waals surface area contributed by atoms with Crippen molar-refractivity contribution in [3.05, 3.63) is 46.7 Å². The van der Waals surface area contributed by atoms with Crippen molar-refractivity contribution in [1.82, 2.24) is 9.97 Å². The van der Waals surface area contributed by atoms with Gasteiger partial charge in [0.25, 0.3) is 0 Å². The topological polar surface area (TPSA) is 84.1 Å². The SMILES string of the molecule is Cc1cc(NC2CCC(c3c(C(N)=O)ccc(F)c3F)CC2)nc(N(C)C)n1. The molecular weight excluding hydrogens is 364 g/mol. The Bertz CT molecular complexity index is 879. The fourth-order valence-electron chi connectivity index (χ4n) is 3.74. The molecule has 0 unspecified atom stereocenters. The third-order valence-electron chi connectivity index (χ3n) is 5.13. The van der Waals surface area contributed by atoms with E-state index in [1.807, 2.05) is 32.0 Å². The summed E-state index contributed by atoms with van der Waals surface area (Å²) < 4.78 is 28.1. The van der Waals surface area contributed by atoms with Gasteiger partial charge >= 0.3 is 0 Å². The molecular formula is C20H25F2N5O. The average Bonchev–Trinajstić information content (AvgIpc) is 2.64. The maximum absolute atomic E-state index is 14.4. The molecule has 1 saturated carbocycles. The molecule has 2 aromatic rings. The van der Waals surface area contributed by atoms with E-state index in [-0.39, 0.29) is 23.1 Å². The molecule has 0 radical (unpaired) electrons. The van der Waals surface area contributed by atoms with E-state index in [0.29, 0.717) is 18.8 Å². The molecule has 3 N–H and O–H groups in total. The number of nitrogens with two attached hydrogens (primary N) is 1. The highest BCUT2D eigenvalue weighted by atomic mass is 19.2. The Morgan fingerprint density at radius 3 is 2.46 bits per heavy atom. The zero-order valence-electron chi connectivity index (χ0n) is 16.3. The van der Waals surface area contributed by atoms with Crippen LogP contribution in [0, 0.1) is 18.6 Å². The molecule has 0 saturated heterocycles. The largest absolute Gasteiger partial charge is 0.367 e. The number of rotatable bonds is 5. The first kappa shape index (κ1) is 20.0. The maximum atomic E-state index is 14.4. The van der Waals surface area contributed by atoms with Crippen LogP contribution in [0.3, 0.4) is 0 Å². The van der Waals surface area contributed by atoms with Gasteiger partial charge in [-0.05, 0) is 50.7 Å². The lowest BCUT2D eigenvalue weighted by Gasteiger charge is -2.31. The van der Waals surface area contributed by atoms with Gasteiger partial charge in [-0.1, -0.05) is 0 Å². The number of aromatic nitrogens is 2. The number of halogens is 2. The van der Waals surface area contributed by atoms with Gasteiger partial charge in [0.2, 0.25) is 11.9 Å². The number of amides is 1. The summed E-state index contributed by atoms with van der Waals surface area (Å²) in [5, 5.41) is 3.42. The predicted octanol–water partition coefficient (Wildman–Crippen LogP) is 3.37. The van der Waals surface area contributed by atoms with E-state index in [1.54, 1.807) is 0 Å². The molecule has 1 aromatic carbocycles. The number of hydrogen-bond donors (Lipinski definition) is 2. The first-order valence-corrected chi connectivity index (χ1v) is 9.33. The summed E-state index contributed by atoms with van der Waals surface area (Å²) in [6.45, 7) is 1.91. The second-order valence-corrected chi connectivity index (χ2v) is 7.47. The van der Waals surface area contributed by atoms with Crippen LogP contribution in [0.2, 0.25) is 0 Å². The first-order chi connectivity index (χ1) is 13.3. The molecule has 150 valence electrons. The number of carbonyl (C=O) groups is 1. The zero-order valence-corrected chi connectivity index (χ0v) is 16.3. The van der Waals surface area contributed by atoms with Crippen LogP contribution in [0.15, 0.2) is 18.2 Å². The van der Waals surface area contributed by atoms with Gasteiger partial charge in [0.15, 0.2) is 11.6 Å². The molecule has 3 rings (SSSR count). The molecule has 6 nitrogen and oxygen atoms in total. The first-order valence-electron chi connectivity index (χ1n) is 9.33. The number of primary amides is 1. The van der Waals surface area contributed by atoms with E-state index in [0.717, 1.165) is 30.4 Å². The van der Waals surface area contributed by atoms with Crippen molar-refractivity contribution in [2.24, 2.45) is 5.73 Å². The second-order valence-electron chi connectivity index (χ2n) is 7.47. The van der Waals surface area contributed by atoms with Crippen LogP contribution < -0.4 is 16.0 Å². The summed E-state index contributed by atoms with van der Waals surface area (Å²) >= 11 is 0. The molecule has 1 heterocycles. The quantitative estimate of drug-likeness (QED) is 0.819. The normalized spacial score (nSPS) is 19.3. The molecule has 1 fully saturated rings. The van der Waals surface area contributed by atoms with E-state index in [9.17, 15) is 13.6 Å². The summed E-state index contributed by atoms with van der Waals surface area (Å²) in [7, 11) is 3.77. The summed E-state index contributed by atoms with van der Waals surface area (Å²) in [5.74, 6) is -1.51. The number of aryl methyl sites for hydroxylation is 1. The average molecular weight is 389 g/mol. The van der Waals surface area contributed by atoms with Gasteiger partial charge in [0.1, 0.15) is 5.82 Å². The maximum Gasteiger partial charge on any atom is 0.249 e. The lowest BCUT2D eigenvalue weighted by atomic mass is 9.79. The lowest BCUT2D eigenvalue weighted by molar-refractivity contribution is 0.0998. The van der Waals surface area contributed by atoms with Crippen molar-refractivity contribution in [2.75, 3.05) is 24.3 Å². The Balaban J connectivity index is 1.72. The van der Waals surface area contributed by atoms with Crippen LogP contribution in [0.25, 0.3) is 0 Å². The van der Waals surface area contributed by atoms with E-state index >= 15 is 0 Å². The molecule has 0 bridgehead atoms. The third-order valence-corrected chi connectivity index (χ3v) is 5.13. The number of nitrogens with zero attached hydrogens (tertiary/aromatic N) is 3. The summed E-state index contributed by atoms with van der Waals surface area (Å²) in [6, 6.07) is 4.27. The number of carbonyl (C=O) groups excluding carboxylic acids is 1. The number of nitrogens with one attached hydrogen (secondary N) is 1. The van der Waals surface area contributed by atoms with Crippen LogP contribution in [-0.4, -0.2) is 36.0 Å².